The molecule has 0 aliphatic carbocycles. The number of rotatable bonds is 5. The Bertz CT molecular complexity index is 230. The minimum atomic E-state index is -0.701. The van der Waals surface area contributed by atoms with Crippen molar-refractivity contribution in [2.45, 2.75) is 46.5 Å². The number of carbonyl (C=O) groups is 1. The van der Waals surface area contributed by atoms with Gasteiger partial charge in [0.25, 0.3) is 0 Å². The summed E-state index contributed by atoms with van der Waals surface area (Å²) >= 11 is 0. The molecule has 0 aromatic heterocycles. The Kier molecular flexibility index (Phi) is 4.78. The number of aliphatic carboxylic acids is 1. The Morgan fingerprint density at radius 2 is 1.94 bits per heavy atom. The van der Waals surface area contributed by atoms with Crippen LogP contribution in [0.2, 0.25) is 0 Å². The summed E-state index contributed by atoms with van der Waals surface area (Å²) in [5.41, 5.74) is 0.462. The van der Waals surface area contributed by atoms with Crippen molar-refractivity contribution in [3.63, 3.8) is 0 Å². The van der Waals surface area contributed by atoms with E-state index in [1.54, 1.807) is 0 Å². The zero-order chi connectivity index (χ0) is 12.2. The molecule has 1 heterocycles. The minimum absolute atomic E-state index is 0.209. The van der Waals surface area contributed by atoms with Crippen LogP contribution in [0, 0.1) is 11.3 Å². The van der Waals surface area contributed by atoms with Crippen molar-refractivity contribution in [1.82, 2.24) is 4.90 Å². The van der Waals surface area contributed by atoms with Gasteiger partial charge in [0.2, 0.25) is 0 Å². The monoisotopic (exact) mass is 227 g/mol. The summed E-state index contributed by atoms with van der Waals surface area (Å²) in [7, 11) is 0. The van der Waals surface area contributed by atoms with E-state index in [2.05, 4.69) is 25.7 Å². The van der Waals surface area contributed by atoms with E-state index in [1.165, 1.54) is 12.8 Å². The predicted octanol–water partition coefficient (Wildman–Crippen LogP) is 2.61. The lowest BCUT2D eigenvalue weighted by Crippen LogP contribution is -2.44. The van der Waals surface area contributed by atoms with Gasteiger partial charge in [-0.25, -0.2) is 0 Å². The van der Waals surface area contributed by atoms with Crippen LogP contribution in [0.15, 0.2) is 0 Å². The minimum Gasteiger partial charge on any atom is -0.480 e. The number of likely N-dealkylation sites (tertiary alicyclic amines) is 1. The number of piperidine rings is 1. The SMILES string of the molecule is CCCC1(C(C)C)CCN(CC(=O)O)CC1. The van der Waals surface area contributed by atoms with Crippen molar-refractivity contribution in [3.8, 4) is 0 Å². The fourth-order valence-electron chi connectivity index (χ4n) is 2.96. The van der Waals surface area contributed by atoms with E-state index >= 15 is 0 Å². The van der Waals surface area contributed by atoms with Crippen LogP contribution < -0.4 is 0 Å². The van der Waals surface area contributed by atoms with E-state index in [-0.39, 0.29) is 6.54 Å². The Balaban J connectivity index is 2.52. The van der Waals surface area contributed by atoms with Crippen LogP contribution in [0.25, 0.3) is 0 Å². The van der Waals surface area contributed by atoms with Gasteiger partial charge in [0.1, 0.15) is 0 Å². The Labute approximate surface area is 98.8 Å². The van der Waals surface area contributed by atoms with Crippen LogP contribution in [0.1, 0.15) is 46.5 Å². The lowest BCUT2D eigenvalue weighted by Gasteiger charge is -2.44. The van der Waals surface area contributed by atoms with Gasteiger partial charge in [-0.1, -0.05) is 27.2 Å². The first-order valence-electron chi connectivity index (χ1n) is 6.44. The molecule has 0 atom stereocenters. The lowest BCUT2D eigenvalue weighted by atomic mass is 9.67. The predicted molar refractivity (Wildman–Crippen MR) is 65.5 cm³/mol. The van der Waals surface area contributed by atoms with Gasteiger partial charge >= 0.3 is 5.97 Å². The maximum absolute atomic E-state index is 10.6. The smallest absolute Gasteiger partial charge is 0.317 e. The van der Waals surface area contributed by atoms with Crippen LogP contribution in [-0.2, 0) is 4.79 Å². The molecular weight excluding hydrogens is 202 g/mol. The largest absolute Gasteiger partial charge is 0.480 e. The molecule has 0 unspecified atom stereocenters. The number of hydrogen-bond donors (Lipinski definition) is 1. The second-order valence-corrected chi connectivity index (χ2v) is 5.44. The fraction of sp³-hybridized carbons (Fsp3) is 0.923. The molecule has 1 rings (SSSR count). The quantitative estimate of drug-likeness (QED) is 0.785. The summed E-state index contributed by atoms with van der Waals surface area (Å²) in [5, 5.41) is 8.77. The third-order valence-electron chi connectivity index (χ3n) is 4.18. The molecule has 0 amide bonds. The Hall–Kier alpha value is -0.570. The maximum Gasteiger partial charge on any atom is 0.317 e. The van der Waals surface area contributed by atoms with Crippen LogP contribution in [0.5, 0.6) is 0 Å². The molecule has 0 radical (unpaired) electrons. The molecule has 0 aromatic carbocycles. The van der Waals surface area contributed by atoms with Gasteiger partial charge in [-0.2, -0.15) is 0 Å². The van der Waals surface area contributed by atoms with Gasteiger partial charge in [0, 0.05) is 0 Å². The molecule has 1 aliphatic heterocycles. The van der Waals surface area contributed by atoms with Crippen molar-refractivity contribution in [1.29, 1.82) is 0 Å². The lowest BCUT2D eigenvalue weighted by molar-refractivity contribution is -0.139. The molecule has 3 heteroatoms. The van der Waals surface area contributed by atoms with E-state index in [9.17, 15) is 4.79 Å². The van der Waals surface area contributed by atoms with Crippen LogP contribution in [0.4, 0.5) is 0 Å². The molecule has 94 valence electrons. The molecule has 1 fully saturated rings. The van der Waals surface area contributed by atoms with Gasteiger partial charge in [0.15, 0.2) is 0 Å². The number of carboxylic acid groups (broad SMARTS) is 1. The molecule has 1 aliphatic rings. The van der Waals surface area contributed by atoms with Crippen molar-refractivity contribution < 1.29 is 9.90 Å². The van der Waals surface area contributed by atoms with Crippen molar-refractivity contribution in [2.75, 3.05) is 19.6 Å². The van der Waals surface area contributed by atoms with Gasteiger partial charge in [-0.15, -0.1) is 0 Å². The average molecular weight is 227 g/mol. The van der Waals surface area contributed by atoms with E-state index < -0.39 is 5.97 Å². The van der Waals surface area contributed by atoms with Crippen LogP contribution in [0.3, 0.4) is 0 Å². The number of carboxylic acids is 1. The zero-order valence-electron chi connectivity index (χ0n) is 10.8. The Morgan fingerprint density at radius 1 is 1.38 bits per heavy atom. The van der Waals surface area contributed by atoms with Crippen LogP contribution in [-0.4, -0.2) is 35.6 Å². The summed E-state index contributed by atoms with van der Waals surface area (Å²) in [4.78, 5) is 12.7. The molecule has 0 bridgehead atoms. The molecule has 3 nitrogen and oxygen atoms in total. The standard InChI is InChI=1S/C13H25NO2/c1-4-5-13(11(2)3)6-8-14(9-7-13)10-12(15)16/h11H,4-10H2,1-3H3,(H,15,16). The van der Waals surface area contributed by atoms with Gasteiger partial charge in [0.05, 0.1) is 6.54 Å². The summed E-state index contributed by atoms with van der Waals surface area (Å²) in [6, 6.07) is 0. The van der Waals surface area contributed by atoms with Gasteiger partial charge in [-0.3, -0.25) is 9.69 Å². The fourth-order valence-corrected chi connectivity index (χ4v) is 2.96. The highest BCUT2D eigenvalue weighted by molar-refractivity contribution is 5.69. The molecule has 1 N–H and O–H groups in total. The normalized spacial score (nSPS) is 21.2. The molecule has 16 heavy (non-hydrogen) atoms. The van der Waals surface area contributed by atoms with Crippen molar-refractivity contribution in [3.05, 3.63) is 0 Å². The van der Waals surface area contributed by atoms with E-state index in [1.807, 2.05) is 0 Å². The van der Waals surface area contributed by atoms with Crippen LogP contribution >= 0.6 is 0 Å². The molecular formula is C13H25NO2. The van der Waals surface area contributed by atoms with Gasteiger partial charge < -0.3 is 5.11 Å². The van der Waals surface area contributed by atoms with Crippen molar-refractivity contribution >= 4 is 5.97 Å². The highest BCUT2D eigenvalue weighted by atomic mass is 16.4. The molecule has 0 aromatic rings. The summed E-state index contributed by atoms with van der Waals surface area (Å²) in [6.45, 7) is 8.97. The highest BCUT2D eigenvalue weighted by Gasteiger charge is 2.36. The first-order chi connectivity index (χ1) is 7.50. The number of hydrogen-bond acceptors (Lipinski definition) is 2. The highest BCUT2D eigenvalue weighted by Crippen LogP contribution is 2.42. The van der Waals surface area contributed by atoms with E-state index in [0.717, 1.165) is 25.9 Å². The average Bonchev–Trinajstić information content (AvgIpc) is 2.20. The summed E-state index contributed by atoms with van der Waals surface area (Å²) < 4.78 is 0. The summed E-state index contributed by atoms with van der Waals surface area (Å²) in [5.74, 6) is 0.00645. The third kappa shape index (κ3) is 3.21. The number of nitrogens with zero attached hydrogens (tertiary/aromatic N) is 1. The van der Waals surface area contributed by atoms with Crippen molar-refractivity contribution in [2.24, 2.45) is 11.3 Å². The first-order valence-corrected chi connectivity index (χ1v) is 6.44. The Morgan fingerprint density at radius 3 is 2.31 bits per heavy atom. The third-order valence-corrected chi connectivity index (χ3v) is 4.18. The summed E-state index contributed by atoms with van der Waals surface area (Å²) in [6.07, 6.45) is 4.83. The second-order valence-electron chi connectivity index (χ2n) is 5.44. The first kappa shape index (κ1) is 13.5. The van der Waals surface area contributed by atoms with E-state index in [4.69, 9.17) is 5.11 Å². The molecule has 0 saturated carbocycles. The second kappa shape index (κ2) is 5.67. The molecule has 1 saturated heterocycles. The maximum atomic E-state index is 10.6. The van der Waals surface area contributed by atoms with Gasteiger partial charge in [-0.05, 0) is 43.7 Å². The zero-order valence-corrected chi connectivity index (χ0v) is 10.8. The van der Waals surface area contributed by atoms with E-state index in [0.29, 0.717) is 11.3 Å². The topological polar surface area (TPSA) is 40.5 Å². The molecule has 0 spiro atoms.